The van der Waals surface area contributed by atoms with E-state index in [4.69, 9.17) is 0 Å². The molecular weight excluding hydrogens is 540 g/mol. The fourth-order valence-corrected chi connectivity index (χ4v) is 8.76. The summed E-state index contributed by atoms with van der Waals surface area (Å²) >= 11 is 0. The quantitative estimate of drug-likeness (QED) is 0.199. The lowest BCUT2D eigenvalue weighted by Gasteiger charge is -2.60. The molecule has 2 aromatic carbocycles. The molecule has 0 spiro atoms. The van der Waals surface area contributed by atoms with Crippen LogP contribution in [0.15, 0.2) is 53.1 Å². The number of Topliss-reactive ketones (excluding diaryl/α,β-unsaturated/α-hetero) is 3. The normalized spacial score (nSPS) is 29.0. The minimum Gasteiger partial charge on any atom is -0.507 e. The second kappa shape index (κ2) is 10.2. The highest BCUT2D eigenvalue weighted by molar-refractivity contribution is 6.33. The number of aliphatic hydroxyl groups excluding tert-OH is 1. The lowest BCUT2D eigenvalue weighted by atomic mass is 9.42. The van der Waals surface area contributed by atoms with E-state index in [0.29, 0.717) is 17.6 Å². The monoisotopic (exact) mass is 582 g/mol. The Balaban J connectivity index is 1.78. The van der Waals surface area contributed by atoms with Crippen molar-refractivity contribution in [1.82, 2.24) is 0 Å². The molecule has 5 rings (SSSR count). The first-order valence-corrected chi connectivity index (χ1v) is 15.1. The van der Waals surface area contributed by atoms with Gasteiger partial charge in [0.25, 0.3) is 0 Å². The van der Waals surface area contributed by atoms with Crippen LogP contribution in [-0.4, -0.2) is 38.3 Å². The van der Waals surface area contributed by atoms with E-state index in [9.17, 15) is 29.7 Å². The summed E-state index contributed by atoms with van der Waals surface area (Å²) in [5, 5.41) is 35.9. The van der Waals surface area contributed by atoms with Gasteiger partial charge in [0.2, 0.25) is 11.6 Å². The van der Waals surface area contributed by atoms with Gasteiger partial charge in [-0.25, -0.2) is 0 Å². The predicted octanol–water partition coefficient (Wildman–Crippen LogP) is 6.99. The van der Waals surface area contributed by atoms with Crippen molar-refractivity contribution in [2.45, 2.75) is 79.8 Å². The maximum atomic E-state index is 14.6. The first-order chi connectivity index (χ1) is 20.0. The molecule has 3 aliphatic carbocycles. The van der Waals surface area contributed by atoms with Crippen LogP contribution in [0.5, 0.6) is 5.75 Å². The fourth-order valence-electron chi connectivity index (χ4n) is 8.76. The Labute approximate surface area is 253 Å². The van der Waals surface area contributed by atoms with E-state index >= 15 is 0 Å². The number of phenols is 1. The predicted molar refractivity (Wildman–Crippen MR) is 168 cm³/mol. The van der Waals surface area contributed by atoms with Crippen molar-refractivity contribution in [3.8, 4) is 5.75 Å². The molecule has 6 nitrogen and oxygen atoms in total. The van der Waals surface area contributed by atoms with E-state index in [1.165, 1.54) is 6.92 Å². The molecule has 2 aromatic rings. The van der Waals surface area contributed by atoms with Crippen LogP contribution in [0.3, 0.4) is 0 Å². The van der Waals surface area contributed by atoms with Gasteiger partial charge in [0, 0.05) is 22.0 Å². The first kappa shape index (κ1) is 30.7. The van der Waals surface area contributed by atoms with E-state index in [1.807, 2.05) is 77.1 Å². The molecule has 43 heavy (non-hydrogen) atoms. The number of benzene rings is 2. The number of aliphatic hydroxyl groups is 2. The van der Waals surface area contributed by atoms with Gasteiger partial charge in [0.1, 0.15) is 11.5 Å². The Morgan fingerprint density at radius 3 is 2.19 bits per heavy atom. The van der Waals surface area contributed by atoms with Crippen molar-refractivity contribution in [3.05, 3.63) is 80.9 Å². The lowest BCUT2D eigenvalue weighted by molar-refractivity contribution is -0.180. The Morgan fingerprint density at radius 1 is 1.00 bits per heavy atom. The number of carbonyl (C=O) groups excluding carboxylic acids is 3. The summed E-state index contributed by atoms with van der Waals surface area (Å²) in [5.41, 5.74) is -1.02. The molecule has 0 aromatic heterocycles. The number of phenolic OH excluding ortho intramolecular Hbond substituents is 1. The number of carbonyl (C=O) groups is 3. The summed E-state index contributed by atoms with van der Waals surface area (Å²) in [6, 6.07) is 11.6. The minimum absolute atomic E-state index is 0.0472. The molecule has 6 heteroatoms. The third-order valence-electron chi connectivity index (χ3n) is 10.3. The summed E-state index contributed by atoms with van der Waals surface area (Å²) in [5.74, 6) is -3.32. The lowest BCUT2D eigenvalue weighted by Crippen LogP contribution is -2.70. The van der Waals surface area contributed by atoms with Gasteiger partial charge >= 0.3 is 0 Å². The van der Waals surface area contributed by atoms with Crippen molar-refractivity contribution in [2.75, 3.05) is 0 Å². The van der Waals surface area contributed by atoms with Gasteiger partial charge in [-0.1, -0.05) is 89.6 Å². The molecule has 0 heterocycles. The number of hydrogen-bond acceptors (Lipinski definition) is 6. The van der Waals surface area contributed by atoms with Crippen molar-refractivity contribution in [3.63, 3.8) is 0 Å². The number of ketones is 3. The summed E-state index contributed by atoms with van der Waals surface area (Å²) in [7, 11) is 0. The van der Waals surface area contributed by atoms with Crippen LogP contribution in [0.1, 0.15) is 95.5 Å². The molecule has 1 saturated carbocycles. The maximum absolute atomic E-state index is 14.6. The number of fused-ring (bicyclic) bond motifs is 3. The standard InChI is InChI=1S/C37H42O6/c1-19(2)25-16-24(15-14-23-12-10-9-11-13-23)31(39)28-26(25)17-35(7)18-36(8)29(20(3)4)21(5)27(22(6)38)33(41)37(36,43)34(42)30(35)32(28)40/h9-16,19-20,29,39-40,43H,17-18H2,1-8H3/b15-14+/t29-,35+,36+,37-/m1/s1. The Bertz CT molecular complexity index is 1660. The largest absolute Gasteiger partial charge is 0.507 e. The van der Waals surface area contributed by atoms with Crippen molar-refractivity contribution in [2.24, 2.45) is 22.7 Å². The van der Waals surface area contributed by atoms with Gasteiger partial charge in [-0.15, -0.1) is 0 Å². The molecule has 0 bridgehead atoms. The number of rotatable bonds is 5. The number of aromatic hydroxyl groups is 1. The molecule has 4 atom stereocenters. The Kier molecular flexibility index (Phi) is 7.25. The van der Waals surface area contributed by atoms with Gasteiger partial charge in [0.15, 0.2) is 11.4 Å². The zero-order valence-electron chi connectivity index (χ0n) is 26.3. The zero-order chi connectivity index (χ0) is 31.8. The zero-order valence-corrected chi connectivity index (χ0v) is 26.3. The van der Waals surface area contributed by atoms with Crippen LogP contribution in [0.4, 0.5) is 0 Å². The SMILES string of the molecule is CC(=O)C1=C(C)[C@@H](C(C)C)[C@]2(C)C[C@]3(C)Cc4c(C(C)C)cc(/C=C/c5ccccc5)c(O)c4C(O)=C3C(=O)[C@]2(O)C1=O. The van der Waals surface area contributed by atoms with E-state index in [2.05, 4.69) is 0 Å². The highest BCUT2D eigenvalue weighted by Gasteiger charge is 2.72. The molecule has 3 aliphatic rings. The minimum atomic E-state index is -2.54. The van der Waals surface area contributed by atoms with E-state index in [1.54, 1.807) is 19.9 Å². The third-order valence-corrected chi connectivity index (χ3v) is 10.3. The average molecular weight is 583 g/mol. The summed E-state index contributed by atoms with van der Waals surface area (Å²) < 4.78 is 0. The van der Waals surface area contributed by atoms with Crippen LogP contribution < -0.4 is 0 Å². The molecule has 1 fully saturated rings. The summed E-state index contributed by atoms with van der Waals surface area (Å²) in [6.45, 7) is 14.8. The maximum Gasteiger partial charge on any atom is 0.206 e. The molecule has 0 radical (unpaired) electrons. The highest BCUT2D eigenvalue weighted by Crippen LogP contribution is 2.65. The molecule has 226 valence electrons. The fraction of sp³-hybridized carbons (Fsp3) is 0.432. The van der Waals surface area contributed by atoms with Crippen molar-refractivity contribution >= 4 is 35.3 Å². The smallest absolute Gasteiger partial charge is 0.206 e. The van der Waals surface area contributed by atoms with Gasteiger partial charge in [-0.05, 0) is 67.2 Å². The first-order valence-electron chi connectivity index (χ1n) is 15.1. The number of allylic oxidation sites excluding steroid dienone is 1. The average Bonchev–Trinajstić information content (AvgIpc) is 2.90. The van der Waals surface area contributed by atoms with Gasteiger partial charge in [-0.3, -0.25) is 14.4 Å². The second-order valence-corrected chi connectivity index (χ2v) is 13.9. The summed E-state index contributed by atoms with van der Waals surface area (Å²) in [4.78, 5) is 41.4. The Morgan fingerprint density at radius 2 is 1.63 bits per heavy atom. The van der Waals surface area contributed by atoms with Crippen LogP contribution >= 0.6 is 0 Å². The topological polar surface area (TPSA) is 112 Å². The third kappa shape index (κ3) is 4.21. The van der Waals surface area contributed by atoms with E-state index < -0.39 is 45.5 Å². The molecule has 0 unspecified atom stereocenters. The van der Waals surface area contributed by atoms with Crippen LogP contribution in [0.25, 0.3) is 17.9 Å². The van der Waals surface area contributed by atoms with Crippen molar-refractivity contribution in [1.29, 1.82) is 0 Å². The summed E-state index contributed by atoms with van der Waals surface area (Å²) in [6.07, 6.45) is 4.21. The highest BCUT2D eigenvalue weighted by atomic mass is 16.3. The molecule has 0 amide bonds. The second-order valence-electron chi connectivity index (χ2n) is 13.9. The van der Waals surface area contributed by atoms with Crippen LogP contribution in [0, 0.1) is 22.7 Å². The van der Waals surface area contributed by atoms with Crippen LogP contribution in [-0.2, 0) is 20.8 Å². The molecule has 3 N–H and O–H groups in total. The van der Waals surface area contributed by atoms with E-state index in [-0.39, 0.29) is 40.7 Å². The van der Waals surface area contributed by atoms with Crippen LogP contribution in [0.2, 0.25) is 0 Å². The van der Waals surface area contributed by atoms with Gasteiger partial charge in [0.05, 0.1) is 11.1 Å². The number of hydrogen-bond donors (Lipinski definition) is 3. The van der Waals surface area contributed by atoms with E-state index in [0.717, 1.165) is 16.7 Å². The van der Waals surface area contributed by atoms with Gasteiger partial charge in [-0.2, -0.15) is 0 Å². The molecule has 0 aliphatic heterocycles. The van der Waals surface area contributed by atoms with Gasteiger partial charge < -0.3 is 15.3 Å². The Hall–Kier alpha value is -3.77. The van der Waals surface area contributed by atoms with Crippen molar-refractivity contribution < 1.29 is 29.7 Å². The molecule has 0 saturated heterocycles. The molecular formula is C37H42O6.